The lowest BCUT2D eigenvalue weighted by atomic mass is 9.62. The van der Waals surface area contributed by atoms with E-state index in [-0.39, 0.29) is 17.4 Å². The molecule has 2 aromatic rings. The summed E-state index contributed by atoms with van der Waals surface area (Å²) < 4.78 is 5.42. The SMILES string of the molecule is CCOC(=O)C1(C2NCCc3c2[nH]c2cc(C)ccc32)CCC1. The highest BCUT2D eigenvalue weighted by atomic mass is 16.5. The molecule has 0 radical (unpaired) electrons. The second-order valence-electron chi connectivity index (χ2n) is 6.93. The van der Waals surface area contributed by atoms with Crippen molar-refractivity contribution in [3.8, 4) is 0 Å². The molecule has 1 aromatic carbocycles. The Morgan fingerprint density at radius 1 is 1.39 bits per heavy atom. The third-order valence-corrected chi connectivity index (χ3v) is 5.59. The molecule has 0 spiro atoms. The number of H-pyrrole nitrogens is 1. The quantitative estimate of drug-likeness (QED) is 0.854. The number of aromatic amines is 1. The Morgan fingerprint density at radius 2 is 2.22 bits per heavy atom. The fourth-order valence-electron chi connectivity index (χ4n) is 4.26. The van der Waals surface area contributed by atoms with Crippen molar-refractivity contribution in [2.75, 3.05) is 13.2 Å². The van der Waals surface area contributed by atoms with Crippen LogP contribution in [0.5, 0.6) is 0 Å². The molecule has 1 aromatic heterocycles. The molecule has 1 fully saturated rings. The van der Waals surface area contributed by atoms with Gasteiger partial charge in [0.25, 0.3) is 0 Å². The average Bonchev–Trinajstić information content (AvgIpc) is 2.84. The molecule has 1 atom stereocenters. The van der Waals surface area contributed by atoms with E-state index in [4.69, 9.17) is 4.74 Å². The van der Waals surface area contributed by atoms with E-state index in [0.717, 1.165) is 32.2 Å². The average molecular weight is 312 g/mol. The van der Waals surface area contributed by atoms with Gasteiger partial charge in [0, 0.05) is 16.6 Å². The molecular weight excluding hydrogens is 288 g/mol. The van der Waals surface area contributed by atoms with Gasteiger partial charge in [-0.2, -0.15) is 0 Å². The monoisotopic (exact) mass is 312 g/mol. The van der Waals surface area contributed by atoms with Crippen LogP contribution in [0.15, 0.2) is 18.2 Å². The second-order valence-corrected chi connectivity index (χ2v) is 6.93. The molecule has 122 valence electrons. The van der Waals surface area contributed by atoms with Gasteiger partial charge in [0.1, 0.15) is 0 Å². The molecule has 0 saturated heterocycles. The molecule has 1 saturated carbocycles. The van der Waals surface area contributed by atoms with Crippen LogP contribution < -0.4 is 5.32 Å². The van der Waals surface area contributed by atoms with Gasteiger partial charge in [-0.25, -0.2) is 0 Å². The topological polar surface area (TPSA) is 54.1 Å². The first-order valence-electron chi connectivity index (χ1n) is 8.67. The molecule has 1 unspecified atom stereocenters. The minimum atomic E-state index is -0.388. The molecular formula is C19H24N2O2. The van der Waals surface area contributed by atoms with Crippen LogP contribution >= 0.6 is 0 Å². The van der Waals surface area contributed by atoms with Crippen molar-refractivity contribution in [1.29, 1.82) is 0 Å². The normalized spacial score (nSPS) is 22.4. The lowest BCUT2D eigenvalue weighted by molar-refractivity contribution is -0.164. The summed E-state index contributed by atoms with van der Waals surface area (Å²) in [6, 6.07) is 6.62. The molecule has 4 nitrogen and oxygen atoms in total. The van der Waals surface area contributed by atoms with Crippen LogP contribution in [0.1, 0.15) is 49.0 Å². The molecule has 0 bridgehead atoms. The van der Waals surface area contributed by atoms with E-state index in [1.54, 1.807) is 0 Å². The zero-order chi connectivity index (χ0) is 16.0. The third kappa shape index (κ3) is 2.12. The third-order valence-electron chi connectivity index (χ3n) is 5.59. The predicted octanol–water partition coefficient (Wildman–Crippen LogP) is 3.40. The summed E-state index contributed by atoms with van der Waals surface area (Å²) in [7, 11) is 0. The van der Waals surface area contributed by atoms with E-state index in [2.05, 4.69) is 35.4 Å². The van der Waals surface area contributed by atoms with Crippen LogP contribution in [-0.4, -0.2) is 24.1 Å². The van der Waals surface area contributed by atoms with Crippen molar-refractivity contribution < 1.29 is 9.53 Å². The highest BCUT2D eigenvalue weighted by molar-refractivity contribution is 5.87. The second kappa shape index (κ2) is 5.38. The van der Waals surface area contributed by atoms with E-state index in [0.29, 0.717) is 6.61 Å². The molecule has 2 heterocycles. The van der Waals surface area contributed by atoms with Crippen LogP contribution in [0.25, 0.3) is 10.9 Å². The van der Waals surface area contributed by atoms with Gasteiger partial charge in [0.15, 0.2) is 0 Å². The number of aromatic nitrogens is 1. The number of carbonyl (C=O) groups excluding carboxylic acids is 1. The molecule has 2 aliphatic rings. The van der Waals surface area contributed by atoms with Crippen LogP contribution in [0.4, 0.5) is 0 Å². The van der Waals surface area contributed by atoms with E-state index in [1.165, 1.54) is 27.7 Å². The van der Waals surface area contributed by atoms with Gasteiger partial charge in [0.2, 0.25) is 0 Å². The van der Waals surface area contributed by atoms with Gasteiger partial charge in [-0.3, -0.25) is 4.79 Å². The van der Waals surface area contributed by atoms with E-state index in [9.17, 15) is 4.79 Å². The Bertz CT molecular complexity index is 758. The number of nitrogens with one attached hydrogen (secondary N) is 2. The van der Waals surface area contributed by atoms with Gasteiger partial charge in [-0.05, 0) is 56.8 Å². The van der Waals surface area contributed by atoms with Crippen molar-refractivity contribution in [2.24, 2.45) is 5.41 Å². The summed E-state index contributed by atoms with van der Waals surface area (Å²) in [4.78, 5) is 16.3. The smallest absolute Gasteiger partial charge is 0.314 e. The molecule has 23 heavy (non-hydrogen) atoms. The first kappa shape index (κ1) is 14.8. The minimum Gasteiger partial charge on any atom is -0.466 e. The fraction of sp³-hybridized carbons (Fsp3) is 0.526. The maximum Gasteiger partial charge on any atom is 0.314 e. The largest absolute Gasteiger partial charge is 0.466 e. The number of ether oxygens (including phenoxy) is 1. The minimum absolute atomic E-state index is 0.0357. The summed E-state index contributed by atoms with van der Waals surface area (Å²) in [6.45, 7) is 5.36. The Morgan fingerprint density at radius 3 is 2.91 bits per heavy atom. The fourth-order valence-corrected chi connectivity index (χ4v) is 4.26. The van der Waals surface area contributed by atoms with Crippen LogP contribution in [0.2, 0.25) is 0 Å². The van der Waals surface area contributed by atoms with Gasteiger partial charge in [-0.15, -0.1) is 0 Å². The summed E-state index contributed by atoms with van der Waals surface area (Å²) in [5, 5.41) is 4.90. The molecule has 4 rings (SSSR count). The number of hydrogen-bond donors (Lipinski definition) is 2. The van der Waals surface area contributed by atoms with Crippen LogP contribution in [0.3, 0.4) is 0 Å². The molecule has 4 heteroatoms. The van der Waals surface area contributed by atoms with Crippen LogP contribution in [0, 0.1) is 12.3 Å². The maximum atomic E-state index is 12.6. The van der Waals surface area contributed by atoms with Crippen molar-refractivity contribution in [3.05, 3.63) is 35.0 Å². The highest BCUT2D eigenvalue weighted by Crippen LogP contribution is 2.53. The number of hydrogen-bond acceptors (Lipinski definition) is 3. The van der Waals surface area contributed by atoms with E-state index >= 15 is 0 Å². The number of esters is 1. The lowest BCUT2D eigenvalue weighted by Crippen LogP contribution is -2.51. The van der Waals surface area contributed by atoms with Gasteiger partial charge in [0.05, 0.1) is 18.1 Å². The number of rotatable bonds is 3. The standard InChI is InChI=1S/C19H24N2O2/c1-3-23-18(22)19(8-4-9-19)17-16-14(7-10-20-17)13-6-5-12(2)11-15(13)21-16/h5-6,11,17,20-21H,3-4,7-10H2,1-2H3. The lowest BCUT2D eigenvalue weighted by Gasteiger charge is -2.46. The number of benzene rings is 1. The molecule has 2 N–H and O–H groups in total. The Labute approximate surface area is 136 Å². The summed E-state index contributed by atoms with van der Waals surface area (Å²) in [5.74, 6) is -0.0357. The predicted molar refractivity (Wildman–Crippen MR) is 90.4 cm³/mol. The maximum absolute atomic E-state index is 12.6. The van der Waals surface area contributed by atoms with Gasteiger partial charge < -0.3 is 15.0 Å². The first-order valence-corrected chi connectivity index (χ1v) is 8.67. The summed E-state index contributed by atoms with van der Waals surface area (Å²) in [5.41, 5.74) is 4.62. The first-order chi connectivity index (χ1) is 11.2. The summed E-state index contributed by atoms with van der Waals surface area (Å²) >= 11 is 0. The number of carbonyl (C=O) groups is 1. The molecule has 1 aliphatic carbocycles. The Kier molecular flexibility index (Phi) is 3.45. The van der Waals surface area contributed by atoms with Gasteiger partial charge >= 0.3 is 5.97 Å². The van der Waals surface area contributed by atoms with E-state index < -0.39 is 0 Å². The van der Waals surface area contributed by atoms with E-state index in [1.807, 2.05) is 6.92 Å². The summed E-state index contributed by atoms with van der Waals surface area (Å²) in [6.07, 6.45) is 3.94. The zero-order valence-electron chi connectivity index (χ0n) is 13.9. The van der Waals surface area contributed by atoms with Crippen molar-refractivity contribution in [3.63, 3.8) is 0 Å². The van der Waals surface area contributed by atoms with Crippen molar-refractivity contribution >= 4 is 16.9 Å². The number of aryl methyl sites for hydroxylation is 1. The van der Waals surface area contributed by atoms with Crippen molar-refractivity contribution in [1.82, 2.24) is 10.3 Å². The Hall–Kier alpha value is -1.81. The molecule has 0 amide bonds. The van der Waals surface area contributed by atoms with Gasteiger partial charge in [-0.1, -0.05) is 18.6 Å². The highest BCUT2D eigenvalue weighted by Gasteiger charge is 2.53. The zero-order valence-corrected chi connectivity index (χ0v) is 13.9. The number of fused-ring (bicyclic) bond motifs is 3. The Balaban J connectivity index is 1.81. The van der Waals surface area contributed by atoms with Crippen molar-refractivity contribution in [2.45, 2.75) is 45.6 Å². The van der Waals surface area contributed by atoms with Crippen LogP contribution in [-0.2, 0) is 16.0 Å². The molecule has 1 aliphatic heterocycles.